The molecule has 0 saturated heterocycles. The Morgan fingerprint density at radius 2 is 0.635 bits per heavy atom. The van der Waals surface area contributed by atoms with Crippen LogP contribution in [0.3, 0.4) is 0 Å². The van der Waals surface area contributed by atoms with Gasteiger partial charge in [0.1, 0.15) is 0 Å². The van der Waals surface area contributed by atoms with Crippen LogP contribution in [0.5, 0.6) is 0 Å². The fourth-order valence-electron chi connectivity index (χ4n) is 4.49. The predicted molar refractivity (Wildman–Crippen MR) is 202 cm³/mol. The third kappa shape index (κ3) is 51.2. The number of carbonyl (C=O) groups excluding carboxylic acids is 4. The summed E-state index contributed by atoms with van der Waals surface area (Å²) < 4.78 is 20.3. The lowest BCUT2D eigenvalue weighted by Gasteiger charge is -2.08. The van der Waals surface area contributed by atoms with Crippen molar-refractivity contribution in [1.82, 2.24) is 0 Å². The zero-order valence-electron chi connectivity index (χ0n) is 33.5. The third-order valence-electron chi connectivity index (χ3n) is 7.31. The number of hydrogen-bond acceptors (Lipinski definition) is 10. The van der Waals surface area contributed by atoms with Crippen molar-refractivity contribution in [3.05, 3.63) is 0 Å². The summed E-state index contributed by atoms with van der Waals surface area (Å²) in [7, 11) is 0. The summed E-state index contributed by atoms with van der Waals surface area (Å²) in [5, 5.41) is 16.3. The molecule has 0 aromatic carbocycles. The Bertz CT molecular complexity index is 829. The van der Waals surface area contributed by atoms with Gasteiger partial charge in [-0.3, -0.25) is 28.8 Å². The molecule has 0 rings (SSSR count). The van der Waals surface area contributed by atoms with Gasteiger partial charge < -0.3 is 29.2 Å². The second kappa shape index (κ2) is 40.6. The second-order valence-electron chi connectivity index (χ2n) is 13.5. The van der Waals surface area contributed by atoms with Crippen LogP contribution in [0.25, 0.3) is 0 Å². The van der Waals surface area contributed by atoms with Crippen LogP contribution in [-0.2, 0) is 47.7 Å². The summed E-state index contributed by atoms with van der Waals surface area (Å²) >= 11 is 0. The van der Waals surface area contributed by atoms with Gasteiger partial charge in [-0.2, -0.15) is 0 Å². The van der Waals surface area contributed by atoms with Crippen molar-refractivity contribution in [1.29, 1.82) is 0 Å². The standard InChI is InChI=1S/C18H34O4.C16H30O4.C6H10O4/c1-3-5-15-21-17(19)13-11-9-7-8-10-12-14-18(20)22-16-6-4-2;1-13(2)19-15(17)11-9-7-5-6-8-10-12-16(18)20-14(3)4;7-5(8)3-1-2-4-6(9)10/h3-16H2,1-2H3;13-14H,5-12H2,1-4H3;1-4H2,(H,7,8)(H,9,10). The third-order valence-corrected chi connectivity index (χ3v) is 7.31. The Morgan fingerprint density at radius 3 is 0.885 bits per heavy atom. The van der Waals surface area contributed by atoms with Crippen LogP contribution >= 0.6 is 0 Å². The summed E-state index contributed by atoms with van der Waals surface area (Å²) in [4.78, 5) is 65.1. The average molecular weight is 747 g/mol. The highest BCUT2D eigenvalue weighted by atomic mass is 16.5. The summed E-state index contributed by atoms with van der Waals surface area (Å²) in [6.45, 7) is 12.7. The molecule has 0 saturated carbocycles. The molecule has 0 aliphatic rings. The van der Waals surface area contributed by atoms with Crippen molar-refractivity contribution in [2.45, 2.75) is 208 Å². The van der Waals surface area contributed by atoms with Gasteiger partial charge in [-0.25, -0.2) is 0 Å². The first kappa shape index (κ1) is 53.2. The maximum absolute atomic E-state index is 11.4. The van der Waals surface area contributed by atoms with Crippen LogP contribution in [0.2, 0.25) is 0 Å². The largest absolute Gasteiger partial charge is 0.481 e. The fourth-order valence-corrected chi connectivity index (χ4v) is 4.49. The van der Waals surface area contributed by atoms with Gasteiger partial charge in [-0.15, -0.1) is 0 Å². The van der Waals surface area contributed by atoms with E-state index in [1.54, 1.807) is 0 Å². The Labute approximate surface area is 314 Å². The minimum Gasteiger partial charge on any atom is -0.481 e. The van der Waals surface area contributed by atoms with Gasteiger partial charge in [0.25, 0.3) is 0 Å². The van der Waals surface area contributed by atoms with Gasteiger partial charge in [0, 0.05) is 38.5 Å². The molecule has 0 heterocycles. The van der Waals surface area contributed by atoms with Gasteiger partial charge in [-0.05, 0) is 79.1 Å². The monoisotopic (exact) mass is 747 g/mol. The molecule has 0 aromatic heterocycles. The number of aliphatic carboxylic acids is 2. The van der Waals surface area contributed by atoms with Crippen molar-refractivity contribution in [2.75, 3.05) is 13.2 Å². The lowest BCUT2D eigenvalue weighted by atomic mass is 10.1. The van der Waals surface area contributed by atoms with Crippen molar-refractivity contribution < 1.29 is 57.9 Å². The molecular weight excluding hydrogens is 672 g/mol. The Balaban J connectivity index is -0.000000739. The van der Waals surface area contributed by atoms with E-state index < -0.39 is 11.9 Å². The highest BCUT2D eigenvalue weighted by Crippen LogP contribution is 2.11. The van der Waals surface area contributed by atoms with Crippen molar-refractivity contribution >= 4 is 35.8 Å². The Hall–Kier alpha value is -3.18. The highest BCUT2D eigenvalue weighted by Gasteiger charge is 2.07. The minimum absolute atomic E-state index is 0.0203. The fraction of sp³-hybridized carbons (Fsp3) is 0.850. The number of hydrogen-bond donors (Lipinski definition) is 2. The molecule has 12 heteroatoms. The first-order valence-corrected chi connectivity index (χ1v) is 19.9. The molecule has 306 valence electrons. The molecule has 0 bridgehead atoms. The number of esters is 4. The molecule has 0 amide bonds. The van der Waals surface area contributed by atoms with Gasteiger partial charge >= 0.3 is 35.8 Å². The molecule has 0 radical (unpaired) electrons. The minimum atomic E-state index is -0.870. The van der Waals surface area contributed by atoms with E-state index in [1.165, 1.54) is 0 Å². The van der Waals surface area contributed by atoms with E-state index in [2.05, 4.69) is 13.8 Å². The maximum atomic E-state index is 11.4. The van der Waals surface area contributed by atoms with Crippen molar-refractivity contribution in [3.8, 4) is 0 Å². The lowest BCUT2D eigenvalue weighted by Crippen LogP contribution is -2.11. The molecule has 0 atom stereocenters. The highest BCUT2D eigenvalue weighted by molar-refractivity contribution is 5.70. The van der Waals surface area contributed by atoms with Crippen LogP contribution in [0, 0.1) is 0 Å². The molecule has 0 spiro atoms. The van der Waals surface area contributed by atoms with E-state index in [9.17, 15) is 28.8 Å². The van der Waals surface area contributed by atoms with E-state index in [1.807, 2.05) is 27.7 Å². The number of carbonyl (C=O) groups is 6. The van der Waals surface area contributed by atoms with Gasteiger partial charge in [0.05, 0.1) is 25.4 Å². The summed E-state index contributed by atoms with van der Waals surface area (Å²) in [6, 6.07) is 0. The molecule has 0 aromatic rings. The quantitative estimate of drug-likeness (QED) is 0.0390. The molecule has 0 fully saturated rings. The van der Waals surface area contributed by atoms with Crippen molar-refractivity contribution in [2.24, 2.45) is 0 Å². The van der Waals surface area contributed by atoms with E-state index in [0.29, 0.717) is 51.7 Å². The lowest BCUT2D eigenvalue weighted by molar-refractivity contribution is -0.148. The summed E-state index contributed by atoms with van der Waals surface area (Å²) in [5.41, 5.74) is 0. The smallest absolute Gasteiger partial charge is 0.306 e. The van der Waals surface area contributed by atoms with Gasteiger partial charge in [0.2, 0.25) is 0 Å². The maximum Gasteiger partial charge on any atom is 0.306 e. The number of rotatable bonds is 31. The van der Waals surface area contributed by atoms with Gasteiger partial charge in [-0.1, -0.05) is 78.1 Å². The molecule has 0 aliphatic heterocycles. The van der Waals surface area contributed by atoms with Gasteiger partial charge in [0.15, 0.2) is 0 Å². The molecule has 52 heavy (non-hydrogen) atoms. The topological polar surface area (TPSA) is 180 Å². The summed E-state index contributed by atoms with van der Waals surface area (Å²) in [6.07, 6.45) is 19.3. The van der Waals surface area contributed by atoms with E-state index in [4.69, 9.17) is 29.2 Å². The zero-order chi connectivity index (χ0) is 39.8. The van der Waals surface area contributed by atoms with Crippen LogP contribution in [-0.4, -0.2) is 71.5 Å². The molecule has 0 aliphatic carbocycles. The van der Waals surface area contributed by atoms with E-state index >= 15 is 0 Å². The van der Waals surface area contributed by atoms with Crippen LogP contribution < -0.4 is 0 Å². The summed E-state index contributed by atoms with van der Waals surface area (Å²) in [5.74, 6) is -2.07. The number of carboxylic acid groups (broad SMARTS) is 2. The molecule has 0 unspecified atom stereocenters. The Morgan fingerprint density at radius 1 is 0.385 bits per heavy atom. The van der Waals surface area contributed by atoms with Crippen LogP contribution in [0.15, 0.2) is 0 Å². The van der Waals surface area contributed by atoms with E-state index in [-0.39, 0.29) is 48.9 Å². The number of carboxylic acids is 2. The molecule has 2 N–H and O–H groups in total. The number of unbranched alkanes of at least 4 members (excludes halogenated alkanes) is 13. The first-order chi connectivity index (χ1) is 24.7. The van der Waals surface area contributed by atoms with Crippen LogP contribution in [0.1, 0.15) is 196 Å². The molecular formula is C40H74O12. The first-order valence-electron chi connectivity index (χ1n) is 19.9. The van der Waals surface area contributed by atoms with E-state index in [0.717, 1.165) is 103 Å². The second-order valence-corrected chi connectivity index (χ2v) is 13.5. The predicted octanol–water partition coefficient (Wildman–Crippen LogP) is 9.52. The normalized spacial score (nSPS) is 10.4. The van der Waals surface area contributed by atoms with Crippen molar-refractivity contribution in [3.63, 3.8) is 0 Å². The van der Waals surface area contributed by atoms with Crippen LogP contribution in [0.4, 0.5) is 0 Å². The number of ether oxygens (including phenoxy) is 4. The molecule has 12 nitrogen and oxygen atoms in total. The zero-order valence-corrected chi connectivity index (χ0v) is 33.5. The Kier molecular flexibility index (Phi) is 41.5. The SMILES string of the molecule is CC(C)OC(=O)CCCCCCCCC(=O)OC(C)C.CCCCOC(=O)CCCCCCCCC(=O)OCCCC.O=C(O)CCCCC(=O)O. The average Bonchev–Trinajstić information content (AvgIpc) is 3.05.